The summed E-state index contributed by atoms with van der Waals surface area (Å²) in [5, 5.41) is 16.5. The minimum Gasteiger partial charge on any atom is -0.453 e. The number of hydrogen-bond donors (Lipinski definition) is 0. The molecule has 10 aromatic carbocycles. The summed E-state index contributed by atoms with van der Waals surface area (Å²) in [7, 11) is 0. The van der Waals surface area contributed by atoms with E-state index in [1.54, 1.807) is 0 Å². The van der Waals surface area contributed by atoms with Crippen LogP contribution in [0.1, 0.15) is 27.8 Å². The largest absolute Gasteiger partial charge is 0.453 e. The summed E-state index contributed by atoms with van der Waals surface area (Å²) in [6, 6.07) is 82.3. The Balaban J connectivity index is 1.01. The Morgan fingerprint density at radius 3 is 1.41 bits per heavy atom. The molecule has 1 unspecified atom stereocenters. The van der Waals surface area contributed by atoms with Gasteiger partial charge in [0.25, 0.3) is 0 Å². The predicted molar refractivity (Wildman–Crippen MR) is 328 cm³/mol. The SMILES string of the molecule is [C-]#[N+]c1ccc2c(c1)c1ccccc1n2-c1cccc2c1Oc1c(N3c4ccccc4Oc4ccccc43)cccc1C21c2cc(-n3c4ccccc4c4ccccc43)cnc2-c2ncc(-n3c4ccccc4c4cc(C#N)ccc43)cc21. The van der Waals surface area contributed by atoms with E-state index >= 15 is 0 Å². The van der Waals surface area contributed by atoms with Crippen molar-refractivity contribution in [3.05, 3.63) is 282 Å². The maximum absolute atomic E-state index is 10.2. The molecule has 2 aliphatic heterocycles. The van der Waals surface area contributed by atoms with Crippen LogP contribution in [0.25, 0.3) is 98.7 Å². The summed E-state index contributed by atoms with van der Waals surface area (Å²) < 4.78 is 21.5. The molecule has 0 fully saturated rings. The average Bonchev–Trinajstić information content (AvgIpc) is 2.36. The van der Waals surface area contributed by atoms with Crippen molar-refractivity contribution >= 4 is 88.2 Å². The van der Waals surface area contributed by atoms with Crippen LogP contribution < -0.4 is 14.4 Å². The van der Waals surface area contributed by atoms with Gasteiger partial charge in [-0.15, -0.1) is 0 Å². The molecule has 1 aliphatic carbocycles. The topological polar surface area (TPSA) is 90.4 Å². The van der Waals surface area contributed by atoms with E-state index in [0.717, 1.165) is 145 Å². The number of hydrogen-bond acceptors (Lipinski definition) is 6. The second kappa shape index (κ2) is 16.7. The van der Waals surface area contributed by atoms with Gasteiger partial charge in [0.2, 0.25) is 0 Å². The molecule has 0 bridgehead atoms. The Morgan fingerprint density at radius 2 is 0.843 bits per heavy atom. The molecule has 83 heavy (non-hydrogen) atoms. The monoisotopic (exact) mass is 1060 g/mol. The first kappa shape index (κ1) is 45.2. The Morgan fingerprint density at radius 1 is 0.398 bits per heavy atom. The van der Waals surface area contributed by atoms with E-state index in [2.05, 4.69) is 193 Å². The first-order valence-corrected chi connectivity index (χ1v) is 27.5. The molecule has 384 valence electrons. The summed E-state index contributed by atoms with van der Waals surface area (Å²) in [4.78, 5) is 17.3. The van der Waals surface area contributed by atoms with Gasteiger partial charge >= 0.3 is 0 Å². The van der Waals surface area contributed by atoms with Gasteiger partial charge in [0, 0.05) is 49.2 Å². The molecular formula is C73H40N8O2. The van der Waals surface area contributed by atoms with Crippen LogP contribution in [-0.4, -0.2) is 23.7 Å². The van der Waals surface area contributed by atoms with Crippen LogP contribution in [-0.2, 0) is 5.41 Å². The molecule has 10 nitrogen and oxygen atoms in total. The van der Waals surface area contributed by atoms with Gasteiger partial charge in [-0.1, -0.05) is 127 Å². The molecule has 18 rings (SSSR count). The van der Waals surface area contributed by atoms with Gasteiger partial charge in [-0.25, -0.2) is 4.85 Å². The number of benzene rings is 10. The normalized spacial score (nSPS) is 14.5. The maximum Gasteiger partial charge on any atom is 0.188 e. The zero-order valence-electron chi connectivity index (χ0n) is 44.0. The van der Waals surface area contributed by atoms with Gasteiger partial charge in [-0.3, -0.25) is 14.9 Å². The van der Waals surface area contributed by atoms with Crippen molar-refractivity contribution in [3.63, 3.8) is 0 Å². The lowest BCUT2D eigenvalue weighted by atomic mass is 9.66. The number of nitriles is 1. The Kier molecular flexibility index (Phi) is 9.07. The van der Waals surface area contributed by atoms with Crippen molar-refractivity contribution in [2.45, 2.75) is 5.41 Å². The fourth-order valence-electron chi connectivity index (χ4n) is 14.1. The van der Waals surface area contributed by atoms with Crippen molar-refractivity contribution in [1.82, 2.24) is 23.7 Å². The minimum atomic E-state index is -1.15. The van der Waals surface area contributed by atoms with Gasteiger partial charge in [-0.2, -0.15) is 5.26 Å². The summed E-state index contributed by atoms with van der Waals surface area (Å²) >= 11 is 0. The molecule has 0 saturated heterocycles. The number of aromatic nitrogens is 5. The summed E-state index contributed by atoms with van der Waals surface area (Å²) in [5.74, 6) is 2.75. The number of pyridine rings is 2. The van der Waals surface area contributed by atoms with E-state index < -0.39 is 5.41 Å². The quantitative estimate of drug-likeness (QED) is 0.163. The number of anilines is 3. The zero-order chi connectivity index (χ0) is 54.7. The van der Waals surface area contributed by atoms with Gasteiger partial charge in [0.1, 0.15) is 0 Å². The second-order valence-electron chi connectivity index (χ2n) is 21.4. The van der Waals surface area contributed by atoms with E-state index in [9.17, 15) is 5.26 Å². The highest BCUT2D eigenvalue weighted by Crippen LogP contribution is 2.66. The highest BCUT2D eigenvalue weighted by Gasteiger charge is 2.54. The molecule has 10 heteroatoms. The van der Waals surface area contributed by atoms with Gasteiger partial charge < -0.3 is 23.2 Å². The van der Waals surface area contributed by atoms with Crippen LogP contribution >= 0.6 is 0 Å². The van der Waals surface area contributed by atoms with Crippen LogP contribution in [0.3, 0.4) is 0 Å². The average molecular weight is 1060 g/mol. The molecule has 0 radical (unpaired) electrons. The minimum absolute atomic E-state index is 0.568. The molecule has 1 spiro atoms. The van der Waals surface area contributed by atoms with E-state index in [1.807, 2.05) is 79.1 Å². The molecule has 0 saturated carbocycles. The third-order valence-corrected chi connectivity index (χ3v) is 17.4. The van der Waals surface area contributed by atoms with E-state index in [0.29, 0.717) is 22.7 Å². The standard InChI is InChI=1S/C73H40N8O2/c1-75-44-33-35-62-52(37-44)50-19-5-9-25-60(50)80(62)65-28-14-20-53-71(65)83-72-54(21-15-29-66(72)81-63-26-10-12-30-67(63)82-68-31-13-11-27-64(68)81)73(53)55-38-45(78-57-22-6-2-16-47(57)48-17-3-7-23-58(48)78)41-76-69(55)70-56(73)39-46(42-77-70)79-59-24-8-4-18-49(59)51-36-43(40-74)32-34-61(51)79/h2-39,41-42H. The molecule has 5 aromatic heterocycles. The third kappa shape index (κ3) is 5.97. The molecule has 0 N–H and O–H groups in total. The number of ether oxygens (including phenoxy) is 2. The number of para-hydroxylation sites is 10. The predicted octanol–water partition coefficient (Wildman–Crippen LogP) is 18.2. The van der Waals surface area contributed by atoms with E-state index in [4.69, 9.17) is 26.0 Å². The fraction of sp³-hybridized carbons (Fsp3) is 0.0137. The summed E-state index contributed by atoms with van der Waals surface area (Å²) in [5.41, 5.74) is 16.4. The second-order valence-corrected chi connectivity index (χ2v) is 21.4. The zero-order valence-corrected chi connectivity index (χ0v) is 44.0. The lowest BCUT2D eigenvalue weighted by Crippen LogP contribution is -2.33. The summed E-state index contributed by atoms with van der Waals surface area (Å²) in [6.45, 7) is 8.06. The lowest BCUT2D eigenvalue weighted by molar-refractivity contribution is 0.434. The van der Waals surface area contributed by atoms with Gasteiger partial charge in [-0.05, 0) is 109 Å². The maximum atomic E-state index is 10.2. The van der Waals surface area contributed by atoms with Crippen molar-refractivity contribution < 1.29 is 9.47 Å². The molecule has 3 aliphatic rings. The highest BCUT2D eigenvalue weighted by atomic mass is 16.5. The van der Waals surface area contributed by atoms with Crippen LogP contribution in [0.4, 0.5) is 22.7 Å². The molecule has 7 heterocycles. The van der Waals surface area contributed by atoms with Crippen molar-refractivity contribution in [2.24, 2.45) is 0 Å². The molecule has 15 aromatic rings. The first-order chi connectivity index (χ1) is 41.1. The lowest BCUT2D eigenvalue weighted by Gasteiger charge is -2.42. The Hall–Kier alpha value is -11.7. The van der Waals surface area contributed by atoms with Crippen LogP contribution in [0.2, 0.25) is 0 Å². The van der Waals surface area contributed by atoms with E-state index in [1.165, 1.54) is 0 Å². The van der Waals surface area contributed by atoms with Gasteiger partial charge in [0.15, 0.2) is 28.7 Å². The first-order valence-electron chi connectivity index (χ1n) is 27.5. The Bertz CT molecular complexity index is 5380. The van der Waals surface area contributed by atoms with E-state index in [-0.39, 0.29) is 0 Å². The van der Waals surface area contributed by atoms with Crippen molar-refractivity contribution in [1.29, 1.82) is 5.26 Å². The third-order valence-electron chi connectivity index (χ3n) is 17.4. The number of nitrogens with zero attached hydrogens (tertiary/aromatic N) is 8. The van der Waals surface area contributed by atoms with Crippen LogP contribution in [0.5, 0.6) is 23.0 Å². The number of rotatable bonds is 4. The van der Waals surface area contributed by atoms with Crippen molar-refractivity contribution in [3.8, 4) is 57.5 Å². The Labute approximate surface area is 474 Å². The van der Waals surface area contributed by atoms with Gasteiger partial charge in [0.05, 0.1) is 115 Å². The van der Waals surface area contributed by atoms with Crippen LogP contribution in [0, 0.1) is 17.9 Å². The number of fused-ring (bicyclic) bond motifs is 20. The smallest absolute Gasteiger partial charge is 0.188 e. The molecular weight excluding hydrogens is 1020 g/mol. The summed E-state index contributed by atoms with van der Waals surface area (Å²) in [6.07, 6.45) is 3.97. The fourth-order valence-corrected chi connectivity index (χ4v) is 14.1. The van der Waals surface area contributed by atoms with Crippen LogP contribution in [0.15, 0.2) is 243 Å². The molecule has 1 atom stereocenters. The van der Waals surface area contributed by atoms with Crippen molar-refractivity contribution in [2.75, 3.05) is 4.90 Å². The molecule has 0 amide bonds. The highest BCUT2D eigenvalue weighted by molar-refractivity contribution is 6.12.